The first-order chi connectivity index (χ1) is 22.9. The number of nitrogens with zero attached hydrogens (tertiary/aromatic N) is 5. The fourth-order valence-electron chi connectivity index (χ4n) is 5.96. The number of ether oxygens (including phenoxy) is 3. The molecule has 0 spiro atoms. The third-order valence-electron chi connectivity index (χ3n) is 8.60. The monoisotopic (exact) mass is 677 g/mol. The molecule has 2 atom stereocenters. The standard InChI is InChI=1S/C34H37Cl2N7O4/c1-45-19-21-12-13-43(21)18-29-34(47-3)42-27(17-39-29)25-9-5-7-23(32(25)36)22-6-4-8-24(31(22)35)26-16-38-28(33(41-26)46-2)15-37-14-20-10-11-30(44)40-20/h4-9,16-17,20-21,37H,10-15,18-19H2,1-3H3,(H,40,44)/t20-,21-/m0/s1. The van der Waals surface area contributed by atoms with Crippen molar-refractivity contribution in [1.82, 2.24) is 35.5 Å². The van der Waals surface area contributed by atoms with E-state index in [1.165, 1.54) is 0 Å². The lowest BCUT2D eigenvalue weighted by Crippen LogP contribution is -2.49. The Bertz CT molecular complexity index is 1760. The zero-order valence-electron chi connectivity index (χ0n) is 26.6. The summed E-state index contributed by atoms with van der Waals surface area (Å²) in [5.41, 5.74) is 5.45. The summed E-state index contributed by atoms with van der Waals surface area (Å²) >= 11 is 14.1. The van der Waals surface area contributed by atoms with Crippen LogP contribution in [-0.2, 0) is 22.6 Å². The molecule has 2 aromatic carbocycles. The topological polar surface area (TPSA) is 124 Å². The minimum atomic E-state index is 0.0862. The second kappa shape index (κ2) is 14.9. The van der Waals surface area contributed by atoms with Crippen molar-refractivity contribution < 1.29 is 19.0 Å². The maximum absolute atomic E-state index is 11.5. The number of carbonyl (C=O) groups is 1. The van der Waals surface area contributed by atoms with E-state index in [-0.39, 0.29) is 11.9 Å². The third kappa shape index (κ3) is 7.19. The molecule has 6 rings (SSSR count). The smallest absolute Gasteiger partial charge is 0.237 e. The van der Waals surface area contributed by atoms with Gasteiger partial charge >= 0.3 is 0 Å². The fourth-order valence-corrected chi connectivity index (χ4v) is 6.61. The summed E-state index contributed by atoms with van der Waals surface area (Å²) in [5, 5.41) is 7.25. The van der Waals surface area contributed by atoms with Gasteiger partial charge in [0.1, 0.15) is 11.4 Å². The molecule has 0 saturated carbocycles. The Morgan fingerprint density at radius 2 is 1.47 bits per heavy atom. The van der Waals surface area contributed by atoms with Gasteiger partial charge < -0.3 is 24.8 Å². The number of carbonyl (C=O) groups excluding carboxylic acids is 1. The normalized spacial score (nSPS) is 17.8. The number of likely N-dealkylation sites (tertiary alicyclic amines) is 1. The Morgan fingerprint density at radius 3 is 2.00 bits per heavy atom. The number of methoxy groups -OCH3 is 3. The van der Waals surface area contributed by atoms with Gasteiger partial charge in [-0.2, -0.15) is 0 Å². The molecular weight excluding hydrogens is 641 g/mol. The minimum Gasteiger partial charge on any atom is -0.480 e. The summed E-state index contributed by atoms with van der Waals surface area (Å²) in [4.78, 5) is 32.6. The van der Waals surface area contributed by atoms with E-state index in [1.807, 2.05) is 36.4 Å². The van der Waals surface area contributed by atoms with Crippen LogP contribution in [0.4, 0.5) is 0 Å². The van der Waals surface area contributed by atoms with E-state index in [1.54, 1.807) is 33.7 Å². The van der Waals surface area contributed by atoms with Gasteiger partial charge in [-0.3, -0.25) is 19.7 Å². The first-order valence-electron chi connectivity index (χ1n) is 15.5. The van der Waals surface area contributed by atoms with Crippen LogP contribution in [0, 0.1) is 0 Å². The van der Waals surface area contributed by atoms with Crippen molar-refractivity contribution in [2.24, 2.45) is 0 Å². The molecule has 4 aromatic rings. The van der Waals surface area contributed by atoms with E-state index in [9.17, 15) is 4.79 Å². The van der Waals surface area contributed by atoms with Gasteiger partial charge in [-0.1, -0.05) is 59.6 Å². The van der Waals surface area contributed by atoms with Crippen LogP contribution in [-0.4, -0.2) is 83.9 Å². The summed E-state index contributed by atoms with van der Waals surface area (Å²) < 4.78 is 16.6. The maximum atomic E-state index is 11.5. The highest BCUT2D eigenvalue weighted by atomic mass is 35.5. The number of hydrogen-bond donors (Lipinski definition) is 2. The zero-order chi connectivity index (χ0) is 32.9. The van der Waals surface area contributed by atoms with E-state index in [2.05, 4.69) is 20.5 Å². The van der Waals surface area contributed by atoms with Crippen molar-refractivity contribution in [2.75, 3.05) is 41.0 Å². The van der Waals surface area contributed by atoms with E-state index >= 15 is 0 Å². The molecule has 2 aromatic heterocycles. The molecule has 2 saturated heterocycles. The van der Waals surface area contributed by atoms with Crippen molar-refractivity contribution in [3.63, 3.8) is 0 Å². The quantitative estimate of drug-likeness (QED) is 0.196. The van der Waals surface area contributed by atoms with Gasteiger partial charge in [-0.15, -0.1) is 0 Å². The molecule has 0 aliphatic carbocycles. The van der Waals surface area contributed by atoms with Crippen molar-refractivity contribution in [3.05, 3.63) is 70.2 Å². The zero-order valence-corrected chi connectivity index (χ0v) is 28.1. The number of aromatic nitrogens is 4. The van der Waals surface area contributed by atoms with E-state index < -0.39 is 0 Å². The van der Waals surface area contributed by atoms with Crippen molar-refractivity contribution >= 4 is 29.1 Å². The highest BCUT2D eigenvalue weighted by Crippen LogP contribution is 2.42. The van der Waals surface area contributed by atoms with Crippen LogP contribution in [0.2, 0.25) is 10.0 Å². The molecule has 0 bridgehead atoms. The second-order valence-corrected chi connectivity index (χ2v) is 12.3. The third-order valence-corrected chi connectivity index (χ3v) is 9.41. The van der Waals surface area contributed by atoms with Crippen LogP contribution in [0.5, 0.6) is 11.8 Å². The van der Waals surface area contributed by atoms with Crippen molar-refractivity contribution in [2.45, 2.75) is 44.4 Å². The Labute approximate surface area is 284 Å². The summed E-state index contributed by atoms with van der Waals surface area (Å²) in [6.07, 6.45) is 5.89. The van der Waals surface area contributed by atoms with Gasteiger partial charge in [0.15, 0.2) is 0 Å². The Hall–Kier alpha value is -3.87. The van der Waals surface area contributed by atoms with Gasteiger partial charge in [0, 0.05) is 74.0 Å². The lowest BCUT2D eigenvalue weighted by molar-refractivity contribution is -0.119. The fraction of sp³-hybridized carbons (Fsp3) is 0.382. The number of rotatable bonds is 13. The van der Waals surface area contributed by atoms with Crippen LogP contribution in [0.3, 0.4) is 0 Å². The highest BCUT2D eigenvalue weighted by molar-refractivity contribution is 6.39. The first kappa shape index (κ1) is 33.0. The van der Waals surface area contributed by atoms with E-state index in [0.29, 0.717) is 88.7 Å². The van der Waals surface area contributed by atoms with Gasteiger partial charge in [0.2, 0.25) is 17.7 Å². The van der Waals surface area contributed by atoms with Crippen LogP contribution < -0.4 is 20.1 Å². The molecule has 2 N–H and O–H groups in total. The first-order valence-corrected chi connectivity index (χ1v) is 16.3. The number of halogens is 2. The summed E-state index contributed by atoms with van der Waals surface area (Å²) in [5.74, 6) is 0.943. The molecule has 2 fully saturated rings. The summed E-state index contributed by atoms with van der Waals surface area (Å²) in [6.45, 7) is 3.39. The molecular formula is C34H37Cl2N7O4. The number of hydrogen-bond acceptors (Lipinski definition) is 10. The molecule has 2 aliphatic rings. The average Bonchev–Trinajstić information content (AvgIpc) is 3.50. The highest BCUT2D eigenvalue weighted by Gasteiger charge is 2.29. The molecule has 13 heteroatoms. The van der Waals surface area contributed by atoms with Crippen LogP contribution >= 0.6 is 23.2 Å². The van der Waals surface area contributed by atoms with Crippen LogP contribution in [0.25, 0.3) is 33.6 Å². The SMILES string of the molecule is COC[C@@H]1CCN1Cc1ncc(-c2cccc(-c3cccc(-c4cnc(CNC[C@@H]5CCC(=O)N5)c(OC)n4)c3Cl)c2Cl)nc1OC. The largest absolute Gasteiger partial charge is 0.480 e. The molecule has 4 heterocycles. The van der Waals surface area contributed by atoms with Gasteiger partial charge in [0.25, 0.3) is 0 Å². The van der Waals surface area contributed by atoms with Gasteiger partial charge in [-0.05, 0) is 12.8 Å². The Kier molecular flexibility index (Phi) is 10.5. The van der Waals surface area contributed by atoms with Gasteiger partial charge in [-0.25, -0.2) is 9.97 Å². The number of nitrogens with one attached hydrogen (secondary N) is 2. The molecule has 11 nitrogen and oxygen atoms in total. The molecule has 1 amide bonds. The molecule has 0 radical (unpaired) electrons. The lowest BCUT2D eigenvalue weighted by Gasteiger charge is -2.40. The van der Waals surface area contributed by atoms with Gasteiger partial charge in [0.05, 0.1) is 54.7 Å². The molecule has 0 unspecified atom stereocenters. The van der Waals surface area contributed by atoms with Crippen molar-refractivity contribution in [1.29, 1.82) is 0 Å². The van der Waals surface area contributed by atoms with Crippen molar-refractivity contribution in [3.8, 4) is 45.4 Å². The van der Waals surface area contributed by atoms with Crippen LogP contribution in [0.1, 0.15) is 30.7 Å². The van der Waals surface area contributed by atoms with E-state index in [0.717, 1.165) is 36.2 Å². The average molecular weight is 679 g/mol. The maximum Gasteiger partial charge on any atom is 0.237 e. The van der Waals surface area contributed by atoms with Crippen LogP contribution in [0.15, 0.2) is 48.8 Å². The minimum absolute atomic E-state index is 0.0862. The molecule has 246 valence electrons. The summed E-state index contributed by atoms with van der Waals surface area (Å²) in [7, 11) is 4.88. The lowest BCUT2D eigenvalue weighted by atomic mass is 9.98. The predicted octanol–water partition coefficient (Wildman–Crippen LogP) is 5.18. The van der Waals surface area contributed by atoms with E-state index in [4.69, 9.17) is 52.4 Å². The molecule has 47 heavy (non-hydrogen) atoms. The number of amides is 1. The Balaban J connectivity index is 1.23. The second-order valence-electron chi connectivity index (χ2n) is 11.6. The molecule has 2 aliphatic heterocycles. The summed E-state index contributed by atoms with van der Waals surface area (Å²) in [6, 6.07) is 11.9. The predicted molar refractivity (Wildman–Crippen MR) is 181 cm³/mol. The Morgan fingerprint density at radius 1 is 0.872 bits per heavy atom. The number of benzene rings is 2.